The molecular formula is C16H21BrN2O2. The number of benzene rings is 1. The van der Waals surface area contributed by atoms with E-state index >= 15 is 0 Å². The second kappa shape index (κ2) is 7.07. The van der Waals surface area contributed by atoms with Crippen LogP contribution in [0, 0.1) is 12.8 Å². The topological polar surface area (TPSA) is 49.4 Å². The fraction of sp³-hybridized carbons (Fsp3) is 0.500. The molecule has 1 aromatic rings. The molecule has 5 heteroatoms. The Balaban J connectivity index is 1.95. The van der Waals surface area contributed by atoms with E-state index in [0.717, 1.165) is 35.1 Å². The molecule has 1 aliphatic heterocycles. The van der Waals surface area contributed by atoms with Crippen LogP contribution in [-0.2, 0) is 9.59 Å². The number of nitrogens with one attached hydrogen (secondary N) is 1. The Morgan fingerprint density at radius 1 is 1.48 bits per heavy atom. The Bertz CT molecular complexity index is 545. The van der Waals surface area contributed by atoms with Crippen molar-refractivity contribution in [2.45, 2.75) is 33.1 Å². The lowest BCUT2D eigenvalue weighted by molar-refractivity contribution is -0.128. The smallest absolute Gasteiger partial charge is 0.229 e. The van der Waals surface area contributed by atoms with Gasteiger partial charge >= 0.3 is 0 Å². The SMILES string of the molecule is CCCCN1CC(C(=O)Nc2ccc(Br)c(C)c2)CC1=O. The summed E-state index contributed by atoms with van der Waals surface area (Å²) in [5, 5.41) is 2.91. The van der Waals surface area contributed by atoms with Gasteiger partial charge in [0.25, 0.3) is 0 Å². The first-order valence-electron chi connectivity index (χ1n) is 7.36. The molecule has 21 heavy (non-hydrogen) atoms. The van der Waals surface area contributed by atoms with Crippen LogP contribution in [-0.4, -0.2) is 29.8 Å². The van der Waals surface area contributed by atoms with Crippen LogP contribution in [0.25, 0.3) is 0 Å². The third-order valence-corrected chi connectivity index (χ3v) is 4.68. The van der Waals surface area contributed by atoms with Crippen LogP contribution in [0.5, 0.6) is 0 Å². The molecule has 1 unspecified atom stereocenters. The molecule has 4 nitrogen and oxygen atoms in total. The van der Waals surface area contributed by atoms with Crippen molar-refractivity contribution in [1.29, 1.82) is 0 Å². The van der Waals surface area contributed by atoms with Crippen molar-refractivity contribution in [3.05, 3.63) is 28.2 Å². The molecule has 2 rings (SSSR count). The second-order valence-corrected chi connectivity index (χ2v) is 6.40. The summed E-state index contributed by atoms with van der Waals surface area (Å²) < 4.78 is 1.02. The van der Waals surface area contributed by atoms with Gasteiger partial charge in [-0.15, -0.1) is 0 Å². The molecule has 114 valence electrons. The number of hydrogen-bond acceptors (Lipinski definition) is 2. The number of hydrogen-bond donors (Lipinski definition) is 1. The van der Waals surface area contributed by atoms with Gasteiger partial charge in [0, 0.05) is 29.7 Å². The second-order valence-electron chi connectivity index (χ2n) is 5.55. The summed E-state index contributed by atoms with van der Waals surface area (Å²) in [7, 11) is 0. The van der Waals surface area contributed by atoms with Crippen molar-refractivity contribution in [1.82, 2.24) is 4.90 Å². The molecular weight excluding hydrogens is 332 g/mol. The van der Waals surface area contributed by atoms with Crippen LogP contribution in [0.2, 0.25) is 0 Å². The maximum Gasteiger partial charge on any atom is 0.229 e. The summed E-state index contributed by atoms with van der Waals surface area (Å²) in [4.78, 5) is 26.0. The van der Waals surface area contributed by atoms with Gasteiger partial charge in [-0.05, 0) is 37.1 Å². The maximum atomic E-state index is 12.3. The number of likely N-dealkylation sites (tertiary alicyclic amines) is 1. The number of rotatable bonds is 5. The van der Waals surface area contributed by atoms with E-state index in [2.05, 4.69) is 28.2 Å². The fourth-order valence-electron chi connectivity index (χ4n) is 2.48. The molecule has 0 radical (unpaired) electrons. The zero-order valence-corrected chi connectivity index (χ0v) is 14.1. The van der Waals surface area contributed by atoms with Crippen molar-refractivity contribution in [3.8, 4) is 0 Å². The Kier molecular flexibility index (Phi) is 5.39. The average molecular weight is 353 g/mol. The number of amides is 2. The summed E-state index contributed by atoms with van der Waals surface area (Å²) >= 11 is 3.44. The summed E-state index contributed by atoms with van der Waals surface area (Å²) in [6.45, 7) is 5.38. The van der Waals surface area contributed by atoms with E-state index in [1.54, 1.807) is 4.90 Å². The van der Waals surface area contributed by atoms with E-state index in [1.807, 2.05) is 25.1 Å². The maximum absolute atomic E-state index is 12.3. The van der Waals surface area contributed by atoms with Gasteiger partial charge in [0.15, 0.2) is 0 Å². The lowest BCUT2D eigenvalue weighted by atomic mass is 10.1. The quantitative estimate of drug-likeness (QED) is 0.883. The summed E-state index contributed by atoms with van der Waals surface area (Å²) in [5.41, 5.74) is 1.85. The predicted molar refractivity (Wildman–Crippen MR) is 87.1 cm³/mol. The molecule has 1 aromatic carbocycles. The van der Waals surface area contributed by atoms with Gasteiger partial charge in [-0.2, -0.15) is 0 Å². The van der Waals surface area contributed by atoms with Gasteiger partial charge in [-0.3, -0.25) is 9.59 Å². The number of carbonyl (C=O) groups is 2. The Labute approximate surface area is 134 Å². The molecule has 2 amide bonds. The van der Waals surface area contributed by atoms with E-state index in [9.17, 15) is 9.59 Å². The third-order valence-electron chi connectivity index (χ3n) is 3.79. The van der Waals surface area contributed by atoms with Crippen LogP contribution < -0.4 is 5.32 Å². The summed E-state index contributed by atoms with van der Waals surface area (Å²) in [6, 6.07) is 5.70. The highest BCUT2D eigenvalue weighted by molar-refractivity contribution is 9.10. The third kappa shape index (κ3) is 4.06. The van der Waals surface area contributed by atoms with Crippen LogP contribution in [0.1, 0.15) is 31.7 Å². The molecule has 1 N–H and O–H groups in total. The highest BCUT2D eigenvalue weighted by Gasteiger charge is 2.33. The van der Waals surface area contributed by atoms with Crippen molar-refractivity contribution in [2.24, 2.45) is 5.92 Å². The minimum Gasteiger partial charge on any atom is -0.342 e. The molecule has 1 atom stereocenters. The van der Waals surface area contributed by atoms with Crippen molar-refractivity contribution >= 4 is 33.4 Å². The van der Waals surface area contributed by atoms with Crippen LogP contribution in [0.3, 0.4) is 0 Å². The minimum absolute atomic E-state index is 0.0657. The monoisotopic (exact) mass is 352 g/mol. The zero-order valence-electron chi connectivity index (χ0n) is 12.5. The van der Waals surface area contributed by atoms with Gasteiger partial charge in [-0.25, -0.2) is 0 Å². The number of nitrogens with zero attached hydrogens (tertiary/aromatic N) is 1. The predicted octanol–water partition coefficient (Wildman–Crippen LogP) is 3.34. The van der Waals surface area contributed by atoms with Crippen LogP contribution >= 0.6 is 15.9 Å². The van der Waals surface area contributed by atoms with Crippen molar-refractivity contribution in [2.75, 3.05) is 18.4 Å². The first kappa shape index (κ1) is 16.0. The Morgan fingerprint density at radius 3 is 2.90 bits per heavy atom. The van der Waals surface area contributed by atoms with Gasteiger partial charge < -0.3 is 10.2 Å². The number of unbranched alkanes of at least 4 members (excludes halogenated alkanes) is 1. The Hall–Kier alpha value is -1.36. The van der Waals surface area contributed by atoms with Gasteiger partial charge in [0.05, 0.1) is 5.92 Å². The highest BCUT2D eigenvalue weighted by atomic mass is 79.9. The fourth-order valence-corrected chi connectivity index (χ4v) is 2.73. The van der Waals surface area contributed by atoms with Crippen molar-refractivity contribution in [3.63, 3.8) is 0 Å². The average Bonchev–Trinajstić information content (AvgIpc) is 2.82. The molecule has 0 aliphatic carbocycles. The van der Waals surface area contributed by atoms with Crippen molar-refractivity contribution < 1.29 is 9.59 Å². The first-order valence-corrected chi connectivity index (χ1v) is 8.15. The normalized spacial score (nSPS) is 18.1. The number of halogens is 1. The molecule has 1 aliphatic rings. The summed E-state index contributed by atoms with van der Waals surface area (Å²) in [5.74, 6) is -0.210. The number of anilines is 1. The highest BCUT2D eigenvalue weighted by Crippen LogP contribution is 2.23. The van der Waals surface area contributed by atoms with E-state index < -0.39 is 0 Å². The van der Waals surface area contributed by atoms with Gasteiger partial charge in [0.1, 0.15) is 0 Å². The van der Waals surface area contributed by atoms with Crippen LogP contribution in [0.4, 0.5) is 5.69 Å². The van der Waals surface area contributed by atoms with E-state index in [4.69, 9.17) is 0 Å². The van der Waals surface area contributed by atoms with Gasteiger partial charge in [0.2, 0.25) is 11.8 Å². The molecule has 1 heterocycles. The molecule has 0 bridgehead atoms. The number of aryl methyl sites for hydroxylation is 1. The standard InChI is InChI=1S/C16H21BrN2O2/c1-3-4-7-19-10-12(9-15(19)20)16(21)18-13-5-6-14(17)11(2)8-13/h5-6,8,12H,3-4,7,9-10H2,1-2H3,(H,18,21). The zero-order chi connectivity index (χ0) is 15.4. The van der Waals surface area contributed by atoms with E-state index in [-0.39, 0.29) is 17.7 Å². The molecule has 0 saturated carbocycles. The van der Waals surface area contributed by atoms with Crippen LogP contribution in [0.15, 0.2) is 22.7 Å². The molecule has 0 aromatic heterocycles. The summed E-state index contributed by atoms with van der Waals surface area (Å²) in [6.07, 6.45) is 2.37. The number of carbonyl (C=O) groups excluding carboxylic acids is 2. The molecule has 1 fully saturated rings. The van der Waals surface area contributed by atoms with Gasteiger partial charge in [-0.1, -0.05) is 29.3 Å². The molecule has 1 saturated heterocycles. The lowest BCUT2D eigenvalue weighted by Crippen LogP contribution is -2.29. The Morgan fingerprint density at radius 2 is 2.24 bits per heavy atom. The van der Waals surface area contributed by atoms with E-state index in [1.165, 1.54) is 0 Å². The van der Waals surface area contributed by atoms with E-state index in [0.29, 0.717) is 13.0 Å². The first-order chi connectivity index (χ1) is 10.0. The minimum atomic E-state index is -0.238. The lowest BCUT2D eigenvalue weighted by Gasteiger charge is -2.16. The molecule has 0 spiro atoms. The largest absolute Gasteiger partial charge is 0.342 e.